The minimum atomic E-state index is -0.932. The molecule has 0 saturated carbocycles. The van der Waals surface area contributed by atoms with E-state index in [4.69, 9.17) is 9.29 Å². The van der Waals surface area contributed by atoms with Gasteiger partial charge in [0.2, 0.25) is 0 Å². The number of carboxylic acid groups (broad SMARTS) is 1. The Labute approximate surface area is 153 Å². The third-order valence-electron chi connectivity index (χ3n) is 5.16. The van der Waals surface area contributed by atoms with Gasteiger partial charge in [-0.3, -0.25) is 0 Å². The zero-order valence-corrected chi connectivity index (χ0v) is 15.9. The van der Waals surface area contributed by atoms with Crippen LogP contribution in [0.3, 0.4) is 0 Å². The van der Waals surface area contributed by atoms with Crippen molar-refractivity contribution in [2.45, 2.75) is 56.3 Å². The lowest BCUT2D eigenvalue weighted by Crippen LogP contribution is -2.33. The van der Waals surface area contributed by atoms with Crippen LogP contribution in [0.2, 0.25) is 0 Å². The Morgan fingerprint density at radius 2 is 1.56 bits per heavy atom. The third kappa shape index (κ3) is 3.69. The molecule has 25 heavy (non-hydrogen) atoms. The van der Waals surface area contributed by atoms with Gasteiger partial charge >= 0.3 is 5.97 Å². The first kappa shape index (κ1) is 17.9. The van der Waals surface area contributed by atoms with Crippen molar-refractivity contribution in [2.75, 3.05) is 0 Å². The maximum atomic E-state index is 10.9. The summed E-state index contributed by atoms with van der Waals surface area (Å²) in [5.41, 5.74) is 3.47. The SMILES string of the molecule is CC1(C)CCC(C)(C)c2cc(SOc3ccc(C(=O)O)cc3)ccc21. The molecular formula is C21H24O3S. The molecule has 0 atom stereocenters. The summed E-state index contributed by atoms with van der Waals surface area (Å²) in [6.07, 6.45) is 2.38. The van der Waals surface area contributed by atoms with E-state index in [2.05, 4.69) is 45.9 Å². The largest absolute Gasteiger partial charge is 0.478 e. The molecule has 3 nitrogen and oxygen atoms in total. The van der Waals surface area contributed by atoms with Crippen molar-refractivity contribution in [3.05, 3.63) is 59.2 Å². The summed E-state index contributed by atoms with van der Waals surface area (Å²) in [5.74, 6) is -0.286. The van der Waals surface area contributed by atoms with Crippen molar-refractivity contribution in [1.29, 1.82) is 0 Å². The predicted octanol–water partition coefficient (Wildman–Crippen LogP) is 5.82. The van der Waals surface area contributed by atoms with Gasteiger partial charge < -0.3 is 9.29 Å². The van der Waals surface area contributed by atoms with E-state index < -0.39 is 5.97 Å². The zero-order valence-electron chi connectivity index (χ0n) is 15.1. The van der Waals surface area contributed by atoms with Crippen molar-refractivity contribution in [3.8, 4) is 5.75 Å². The van der Waals surface area contributed by atoms with E-state index in [1.807, 2.05) is 0 Å². The lowest BCUT2D eigenvalue weighted by Gasteiger charge is -2.41. The Balaban J connectivity index is 1.79. The molecule has 2 aromatic carbocycles. The molecule has 3 rings (SSSR count). The van der Waals surface area contributed by atoms with Crippen molar-refractivity contribution in [3.63, 3.8) is 0 Å². The van der Waals surface area contributed by atoms with Gasteiger partial charge in [-0.2, -0.15) is 0 Å². The van der Waals surface area contributed by atoms with Crippen LogP contribution in [-0.4, -0.2) is 11.1 Å². The fraction of sp³-hybridized carbons (Fsp3) is 0.381. The van der Waals surface area contributed by atoms with Gasteiger partial charge in [0.1, 0.15) is 5.75 Å². The Morgan fingerprint density at radius 1 is 0.960 bits per heavy atom. The molecule has 4 heteroatoms. The highest BCUT2D eigenvalue weighted by Crippen LogP contribution is 2.46. The summed E-state index contributed by atoms with van der Waals surface area (Å²) in [6.45, 7) is 9.24. The molecule has 0 amide bonds. The molecule has 0 spiro atoms. The van der Waals surface area contributed by atoms with E-state index in [1.54, 1.807) is 24.3 Å². The number of carboxylic acids is 1. The summed E-state index contributed by atoms with van der Waals surface area (Å²) in [7, 11) is 0. The molecule has 0 aromatic heterocycles. The molecule has 1 aliphatic carbocycles. The number of hydrogen-bond acceptors (Lipinski definition) is 3. The van der Waals surface area contributed by atoms with Crippen LogP contribution in [0.15, 0.2) is 47.4 Å². The van der Waals surface area contributed by atoms with Gasteiger partial charge in [-0.05, 0) is 71.2 Å². The van der Waals surface area contributed by atoms with Crippen LogP contribution in [0.1, 0.15) is 62.0 Å². The fourth-order valence-electron chi connectivity index (χ4n) is 3.37. The molecule has 1 N–H and O–H groups in total. The lowest BCUT2D eigenvalue weighted by molar-refractivity contribution is 0.0697. The van der Waals surface area contributed by atoms with Gasteiger partial charge in [0.25, 0.3) is 0 Å². The average Bonchev–Trinajstić information content (AvgIpc) is 2.57. The molecule has 0 unspecified atom stereocenters. The second kappa shape index (κ2) is 6.41. The Kier molecular flexibility index (Phi) is 4.58. The maximum Gasteiger partial charge on any atom is 0.335 e. The molecule has 0 aliphatic heterocycles. The number of aromatic carboxylic acids is 1. The molecule has 1 aliphatic rings. The maximum absolute atomic E-state index is 10.9. The van der Waals surface area contributed by atoms with E-state index in [9.17, 15) is 4.79 Å². The van der Waals surface area contributed by atoms with Gasteiger partial charge in [0.05, 0.1) is 17.6 Å². The molecule has 0 radical (unpaired) electrons. The van der Waals surface area contributed by atoms with Crippen molar-refractivity contribution >= 4 is 18.0 Å². The second-order valence-corrected chi connectivity index (χ2v) is 8.78. The van der Waals surface area contributed by atoms with Crippen LogP contribution in [0.4, 0.5) is 0 Å². The topological polar surface area (TPSA) is 46.5 Å². The van der Waals surface area contributed by atoms with E-state index in [-0.39, 0.29) is 16.4 Å². The van der Waals surface area contributed by atoms with E-state index in [1.165, 1.54) is 36.0 Å². The quantitative estimate of drug-likeness (QED) is 0.701. The zero-order chi connectivity index (χ0) is 18.2. The van der Waals surface area contributed by atoms with Crippen LogP contribution in [-0.2, 0) is 10.8 Å². The molecular weight excluding hydrogens is 332 g/mol. The number of carbonyl (C=O) groups is 1. The Bertz CT molecular complexity index is 791. The molecule has 0 fully saturated rings. The summed E-state index contributed by atoms with van der Waals surface area (Å²) in [4.78, 5) is 12.0. The molecule has 2 aromatic rings. The standard InChI is InChI=1S/C21H24O3S/c1-20(2)11-12-21(3,4)18-13-16(9-10-17(18)20)25-24-15-7-5-14(6-8-15)19(22)23/h5-10,13H,11-12H2,1-4H3,(H,22,23). The number of rotatable bonds is 4. The summed E-state index contributed by atoms with van der Waals surface area (Å²) in [6, 6.07) is 13.1. The molecule has 132 valence electrons. The first-order valence-electron chi connectivity index (χ1n) is 8.52. The van der Waals surface area contributed by atoms with E-state index in [0.29, 0.717) is 5.75 Å². The van der Waals surface area contributed by atoms with Gasteiger partial charge in [-0.15, -0.1) is 0 Å². The number of hydrogen-bond donors (Lipinski definition) is 1. The van der Waals surface area contributed by atoms with E-state index in [0.717, 1.165) is 4.90 Å². The van der Waals surface area contributed by atoms with Gasteiger partial charge in [0, 0.05) is 4.90 Å². The summed E-state index contributed by atoms with van der Waals surface area (Å²) >= 11 is 1.31. The van der Waals surface area contributed by atoms with Crippen LogP contribution in [0.25, 0.3) is 0 Å². The highest BCUT2D eigenvalue weighted by Gasteiger charge is 2.36. The third-order valence-corrected chi connectivity index (χ3v) is 5.88. The average molecular weight is 356 g/mol. The monoisotopic (exact) mass is 356 g/mol. The molecule has 0 saturated heterocycles. The van der Waals surface area contributed by atoms with Gasteiger partial charge in [-0.25, -0.2) is 4.79 Å². The lowest BCUT2D eigenvalue weighted by atomic mass is 9.63. The van der Waals surface area contributed by atoms with Crippen molar-refractivity contribution < 1.29 is 14.1 Å². The summed E-state index contributed by atoms with van der Waals surface area (Å²) in [5, 5.41) is 8.94. The minimum absolute atomic E-state index is 0.171. The first-order valence-corrected chi connectivity index (χ1v) is 9.26. The van der Waals surface area contributed by atoms with Crippen LogP contribution >= 0.6 is 12.0 Å². The molecule has 0 heterocycles. The summed E-state index contributed by atoms with van der Waals surface area (Å²) < 4.78 is 5.76. The van der Waals surface area contributed by atoms with Crippen LogP contribution in [0.5, 0.6) is 5.75 Å². The van der Waals surface area contributed by atoms with Gasteiger partial charge in [-0.1, -0.05) is 33.8 Å². The molecule has 0 bridgehead atoms. The fourth-order valence-corrected chi connectivity index (χ4v) is 3.96. The first-order chi connectivity index (χ1) is 11.7. The highest BCUT2D eigenvalue weighted by atomic mass is 32.2. The highest BCUT2D eigenvalue weighted by molar-refractivity contribution is 7.95. The van der Waals surface area contributed by atoms with Crippen molar-refractivity contribution in [2.24, 2.45) is 0 Å². The number of benzene rings is 2. The normalized spacial score (nSPS) is 17.6. The van der Waals surface area contributed by atoms with E-state index >= 15 is 0 Å². The smallest absolute Gasteiger partial charge is 0.335 e. The Morgan fingerprint density at radius 3 is 2.16 bits per heavy atom. The van der Waals surface area contributed by atoms with Crippen molar-refractivity contribution in [1.82, 2.24) is 0 Å². The van der Waals surface area contributed by atoms with Crippen LogP contribution in [0, 0.1) is 0 Å². The number of fused-ring (bicyclic) bond motifs is 1. The van der Waals surface area contributed by atoms with Gasteiger partial charge in [0.15, 0.2) is 0 Å². The predicted molar refractivity (Wildman–Crippen MR) is 102 cm³/mol. The Hall–Kier alpha value is -1.94. The second-order valence-electron chi connectivity index (χ2n) is 7.97. The minimum Gasteiger partial charge on any atom is -0.478 e. The van der Waals surface area contributed by atoms with Crippen LogP contribution < -0.4 is 4.18 Å².